The molecule has 5 heteroatoms. The van der Waals surface area contributed by atoms with Crippen LogP contribution in [0.1, 0.15) is 13.3 Å². The molecule has 0 saturated carbocycles. The number of hydrogen-bond acceptors (Lipinski definition) is 3. The van der Waals surface area contributed by atoms with E-state index < -0.39 is 15.5 Å². The van der Waals surface area contributed by atoms with Gasteiger partial charge < -0.3 is 4.74 Å². The molecule has 10 heavy (non-hydrogen) atoms. The molecule has 0 N–H and O–H groups in total. The van der Waals surface area contributed by atoms with Crippen molar-refractivity contribution in [1.29, 1.82) is 0 Å². The van der Waals surface area contributed by atoms with Gasteiger partial charge >= 0.3 is 10.2 Å². The van der Waals surface area contributed by atoms with E-state index in [4.69, 9.17) is 0 Å². The first-order chi connectivity index (χ1) is 4.52. The summed E-state index contributed by atoms with van der Waals surface area (Å²) in [7, 11) is -3.06. The fourth-order valence-electron chi connectivity index (χ4n) is 0.584. The van der Waals surface area contributed by atoms with Gasteiger partial charge in [0.15, 0.2) is 0 Å². The van der Waals surface area contributed by atoms with Gasteiger partial charge in [0.05, 0.1) is 6.61 Å². The van der Waals surface area contributed by atoms with Crippen molar-refractivity contribution in [2.75, 3.05) is 13.7 Å². The van der Waals surface area contributed by atoms with E-state index in [0.29, 0.717) is 0 Å². The molecular formula is C5H11FO3S. The molecule has 0 aliphatic heterocycles. The van der Waals surface area contributed by atoms with Gasteiger partial charge in [-0.15, -0.1) is 3.89 Å². The van der Waals surface area contributed by atoms with Crippen LogP contribution in [0.4, 0.5) is 3.89 Å². The van der Waals surface area contributed by atoms with E-state index in [2.05, 4.69) is 4.74 Å². The molecule has 62 valence electrons. The first-order valence-electron chi connectivity index (χ1n) is 2.94. The molecular weight excluding hydrogens is 159 g/mol. The Balaban J connectivity index is 4.08. The van der Waals surface area contributed by atoms with Gasteiger partial charge in [-0.1, -0.05) is 6.92 Å². The molecule has 1 atom stereocenters. The second-order valence-corrected chi connectivity index (χ2v) is 3.58. The second-order valence-electron chi connectivity index (χ2n) is 1.96. The fraction of sp³-hybridized carbons (Fsp3) is 1.00. The Morgan fingerprint density at radius 2 is 2.10 bits per heavy atom. The van der Waals surface area contributed by atoms with Crippen molar-refractivity contribution in [3.05, 3.63) is 0 Å². The summed E-state index contributed by atoms with van der Waals surface area (Å²) in [5, 5.41) is -1.00. The summed E-state index contributed by atoms with van der Waals surface area (Å²) >= 11 is 0. The van der Waals surface area contributed by atoms with E-state index >= 15 is 0 Å². The minimum Gasteiger partial charge on any atom is -0.383 e. The predicted octanol–water partition coefficient (Wildman–Crippen LogP) is 0.711. The van der Waals surface area contributed by atoms with E-state index in [-0.39, 0.29) is 13.0 Å². The van der Waals surface area contributed by atoms with Gasteiger partial charge in [-0.05, 0) is 6.42 Å². The molecule has 0 radical (unpaired) electrons. The molecule has 0 saturated heterocycles. The summed E-state index contributed by atoms with van der Waals surface area (Å²) in [6.45, 7) is 1.52. The average molecular weight is 170 g/mol. The Kier molecular flexibility index (Phi) is 3.81. The summed E-state index contributed by atoms with van der Waals surface area (Å²) in [5.41, 5.74) is 0. The molecule has 3 nitrogen and oxygen atoms in total. The van der Waals surface area contributed by atoms with Crippen molar-refractivity contribution >= 4 is 10.2 Å². The van der Waals surface area contributed by atoms with E-state index in [1.54, 1.807) is 6.92 Å². The van der Waals surface area contributed by atoms with Crippen LogP contribution in [-0.2, 0) is 15.0 Å². The first-order valence-corrected chi connectivity index (χ1v) is 4.39. The standard InChI is InChI=1S/C5H11FO3S/c1-3-5(4-9-2)10(6,7)8/h5H,3-4H2,1-2H3. The zero-order valence-electron chi connectivity index (χ0n) is 6.00. The van der Waals surface area contributed by atoms with Gasteiger partial charge in [0, 0.05) is 7.11 Å². The maximum absolute atomic E-state index is 12.1. The van der Waals surface area contributed by atoms with Gasteiger partial charge in [0.25, 0.3) is 0 Å². The highest BCUT2D eigenvalue weighted by Crippen LogP contribution is 2.07. The van der Waals surface area contributed by atoms with Crippen molar-refractivity contribution in [2.45, 2.75) is 18.6 Å². The summed E-state index contributed by atoms with van der Waals surface area (Å²) in [5.74, 6) is 0. The van der Waals surface area contributed by atoms with Crippen LogP contribution in [0.15, 0.2) is 0 Å². The number of hydrogen-bond donors (Lipinski definition) is 0. The van der Waals surface area contributed by atoms with Gasteiger partial charge in [0.2, 0.25) is 0 Å². The molecule has 1 unspecified atom stereocenters. The lowest BCUT2D eigenvalue weighted by molar-refractivity contribution is 0.194. The van der Waals surface area contributed by atoms with Crippen LogP contribution in [0.5, 0.6) is 0 Å². The van der Waals surface area contributed by atoms with E-state index in [0.717, 1.165) is 0 Å². The van der Waals surface area contributed by atoms with Crippen molar-refractivity contribution in [2.24, 2.45) is 0 Å². The summed E-state index contributed by atoms with van der Waals surface area (Å²) in [4.78, 5) is 0. The van der Waals surface area contributed by atoms with Crippen LogP contribution in [0.2, 0.25) is 0 Å². The molecule has 0 aliphatic carbocycles. The molecule has 0 aromatic carbocycles. The molecule has 0 aromatic heterocycles. The Labute approximate surface area is 60.4 Å². The lowest BCUT2D eigenvalue weighted by Gasteiger charge is -2.06. The third-order valence-corrected chi connectivity index (χ3v) is 2.47. The Hall–Kier alpha value is -0.160. The van der Waals surface area contributed by atoms with Crippen LogP contribution < -0.4 is 0 Å². The molecule has 0 fully saturated rings. The quantitative estimate of drug-likeness (QED) is 0.583. The Bertz CT molecular complexity index is 175. The van der Waals surface area contributed by atoms with Crippen LogP contribution in [0.3, 0.4) is 0 Å². The lowest BCUT2D eigenvalue weighted by atomic mass is 10.3. The zero-order valence-corrected chi connectivity index (χ0v) is 6.82. The van der Waals surface area contributed by atoms with E-state index in [1.807, 2.05) is 0 Å². The number of rotatable bonds is 4. The van der Waals surface area contributed by atoms with Crippen molar-refractivity contribution in [1.82, 2.24) is 0 Å². The molecule has 0 aliphatic rings. The van der Waals surface area contributed by atoms with Gasteiger partial charge in [-0.2, -0.15) is 8.42 Å². The Morgan fingerprint density at radius 1 is 1.60 bits per heavy atom. The summed E-state index contributed by atoms with van der Waals surface area (Å²) in [6.07, 6.45) is 0.243. The van der Waals surface area contributed by atoms with Crippen LogP contribution >= 0.6 is 0 Å². The summed E-state index contributed by atoms with van der Waals surface area (Å²) in [6, 6.07) is 0. The highest BCUT2D eigenvalue weighted by atomic mass is 32.3. The van der Waals surface area contributed by atoms with Crippen LogP contribution in [0.25, 0.3) is 0 Å². The normalized spacial score (nSPS) is 15.1. The fourth-order valence-corrected chi connectivity index (χ4v) is 1.28. The monoisotopic (exact) mass is 170 g/mol. The molecule has 0 bridgehead atoms. The largest absolute Gasteiger partial charge is 0.383 e. The predicted molar refractivity (Wildman–Crippen MR) is 36.0 cm³/mol. The summed E-state index contributed by atoms with van der Waals surface area (Å²) < 4.78 is 37.0. The highest BCUT2D eigenvalue weighted by Gasteiger charge is 2.22. The maximum atomic E-state index is 12.1. The van der Waals surface area contributed by atoms with E-state index in [1.165, 1.54) is 7.11 Å². The van der Waals surface area contributed by atoms with Crippen molar-refractivity contribution in [3.63, 3.8) is 0 Å². The SMILES string of the molecule is CCC(COC)S(=O)(=O)F. The molecule has 0 aromatic rings. The minimum absolute atomic E-state index is 0.0741. The first kappa shape index (κ1) is 9.84. The number of halogens is 1. The smallest absolute Gasteiger partial charge is 0.307 e. The number of ether oxygens (including phenoxy) is 1. The maximum Gasteiger partial charge on any atom is 0.307 e. The molecule has 0 spiro atoms. The highest BCUT2D eigenvalue weighted by molar-refractivity contribution is 7.87. The average Bonchev–Trinajstić information content (AvgIpc) is 1.80. The Morgan fingerprint density at radius 3 is 2.20 bits per heavy atom. The van der Waals surface area contributed by atoms with Gasteiger partial charge in [-0.3, -0.25) is 0 Å². The minimum atomic E-state index is -4.40. The number of methoxy groups -OCH3 is 1. The topological polar surface area (TPSA) is 43.4 Å². The van der Waals surface area contributed by atoms with Crippen LogP contribution in [-0.4, -0.2) is 27.4 Å². The van der Waals surface area contributed by atoms with Crippen molar-refractivity contribution < 1.29 is 17.0 Å². The third kappa shape index (κ3) is 3.12. The van der Waals surface area contributed by atoms with Crippen molar-refractivity contribution in [3.8, 4) is 0 Å². The molecule has 0 rings (SSSR count). The molecule has 0 heterocycles. The van der Waals surface area contributed by atoms with Gasteiger partial charge in [0.1, 0.15) is 5.25 Å². The van der Waals surface area contributed by atoms with Gasteiger partial charge in [-0.25, -0.2) is 0 Å². The lowest BCUT2D eigenvalue weighted by Crippen LogP contribution is -2.21. The van der Waals surface area contributed by atoms with E-state index in [9.17, 15) is 12.3 Å². The van der Waals surface area contributed by atoms with Crippen LogP contribution in [0, 0.1) is 0 Å². The third-order valence-electron chi connectivity index (χ3n) is 1.21. The zero-order chi connectivity index (χ0) is 8.20. The second kappa shape index (κ2) is 3.88. The molecule has 0 amide bonds.